The van der Waals surface area contributed by atoms with Crippen molar-refractivity contribution in [2.75, 3.05) is 14.2 Å². The molecule has 130 valence electrons. The van der Waals surface area contributed by atoms with Crippen molar-refractivity contribution in [3.05, 3.63) is 29.8 Å². The van der Waals surface area contributed by atoms with Gasteiger partial charge in [0.1, 0.15) is 11.4 Å². The van der Waals surface area contributed by atoms with Gasteiger partial charge in [0.2, 0.25) is 0 Å². The Morgan fingerprint density at radius 3 is 2.13 bits per heavy atom. The Labute approximate surface area is 139 Å². The van der Waals surface area contributed by atoms with E-state index in [9.17, 15) is 9.90 Å². The van der Waals surface area contributed by atoms with Gasteiger partial charge >= 0.3 is 5.97 Å². The third-order valence-electron chi connectivity index (χ3n) is 3.96. The molecule has 1 N–H and O–H groups in total. The number of aliphatic hydroxyl groups excluding tert-OH is 1. The van der Waals surface area contributed by atoms with Crippen molar-refractivity contribution in [1.82, 2.24) is 4.90 Å². The standard InChI is InChI=1S/C18H29NO4/c1-12(14-8-10-15(22-7)11-9-14)19(6)13(2)16(20)17(21)23-18(3,4)5/h8-13,16,20H,1-7H3/t12-,13-,16-/m1/s1. The molecule has 0 aliphatic rings. The number of hydrogen-bond donors (Lipinski definition) is 1. The third-order valence-corrected chi connectivity index (χ3v) is 3.96. The normalized spacial score (nSPS) is 15.9. The van der Waals surface area contributed by atoms with Crippen molar-refractivity contribution in [3.8, 4) is 5.75 Å². The zero-order valence-corrected chi connectivity index (χ0v) is 15.2. The number of ether oxygens (including phenoxy) is 2. The van der Waals surface area contributed by atoms with Crippen molar-refractivity contribution >= 4 is 5.97 Å². The highest BCUT2D eigenvalue weighted by Crippen LogP contribution is 2.24. The van der Waals surface area contributed by atoms with Gasteiger partial charge in [-0.25, -0.2) is 4.79 Å². The number of aliphatic hydroxyl groups is 1. The number of carbonyl (C=O) groups is 1. The summed E-state index contributed by atoms with van der Waals surface area (Å²) in [6, 6.07) is 7.41. The minimum absolute atomic E-state index is 0.0352. The second kappa shape index (κ2) is 7.79. The summed E-state index contributed by atoms with van der Waals surface area (Å²) < 4.78 is 10.4. The summed E-state index contributed by atoms with van der Waals surface area (Å²) in [5, 5.41) is 10.3. The molecular weight excluding hydrogens is 294 g/mol. The molecule has 0 aromatic heterocycles. The fourth-order valence-electron chi connectivity index (χ4n) is 2.25. The predicted molar refractivity (Wildman–Crippen MR) is 90.5 cm³/mol. The van der Waals surface area contributed by atoms with E-state index < -0.39 is 17.7 Å². The Kier molecular flexibility index (Phi) is 6.59. The first-order chi connectivity index (χ1) is 10.6. The molecule has 0 aliphatic carbocycles. The molecular formula is C18H29NO4. The fourth-order valence-corrected chi connectivity index (χ4v) is 2.25. The van der Waals surface area contributed by atoms with Gasteiger partial charge in [0.05, 0.1) is 7.11 Å². The van der Waals surface area contributed by atoms with E-state index in [0.29, 0.717) is 0 Å². The van der Waals surface area contributed by atoms with Gasteiger partial charge in [-0.05, 0) is 59.4 Å². The number of methoxy groups -OCH3 is 1. The van der Waals surface area contributed by atoms with Crippen LogP contribution in [-0.2, 0) is 9.53 Å². The Morgan fingerprint density at radius 2 is 1.70 bits per heavy atom. The van der Waals surface area contributed by atoms with Crippen LogP contribution in [-0.4, -0.2) is 47.9 Å². The van der Waals surface area contributed by atoms with E-state index in [1.165, 1.54) is 0 Å². The highest BCUT2D eigenvalue weighted by atomic mass is 16.6. The first-order valence-electron chi connectivity index (χ1n) is 7.83. The summed E-state index contributed by atoms with van der Waals surface area (Å²) in [4.78, 5) is 14.0. The van der Waals surface area contributed by atoms with Gasteiger partial charge in [0.25, 0.3) is 0 Å². The molecule has 0 fully saturated rings. The van der Waals surface area contributed by atoms with E-state index in [2.05, 4.69) is 0 Å². The molecule has 5 nitrogen and oxygen atoms in total. The molecule has 0 radical (unpaired) electrons. The van der Waals surface area contributed by atoms with E-state index in [1.54, 1.807) is 27.9 Å². The number of benzene rings is 1. The average molecular weight is 323 g/mol. The SMILES string of the molecule is COc1ccc([C@@H](C)N(C)[C@H](C)[C@@H](O)C(=O)OC(C)(C)C)cc1. The van der Waals surface area contributed by atoms with Crippen molar-refractivity contribution < 1.29 is 19.4 Å². The van der Waals surface area contributed by atoms with Gasteiger partial charge in [-0.15, -0.1) is 0 Å². The van der Waals surface area contributed by atoms with Gasteiger partial charge in [-0.1, -0.05) is 12.1 Å². The van der Waals surface area contributed by atoms with Gasteiger partial charge in [0, 0.05) is 12.1 Å². The molecule has 1 aromatic rings. The van der Waals surface area contributed by atoms with Crippen molar-refractivity contribution in [1.29, 1.82) is 0 Å². The molecule has 5 heteroatoms. The maximum atomic E-state index is 12.0. The van der Waals surface area contributed by atoms with E-state index in [0.717, 1.165) is 11.3 Å². The molecule has 1 rings (SSSR count). The monoisotopic (exact) mass is 323 g/mol. The van der Waals surface area contributed by atoms with Crippen LogP contribution < -0.4 is 4.74 Å². The van der Waals surface area contributed by atoms with Crippen LogP contribution in [0.2, 0.25) is 0 Å². The lowest BCUT2D eigenvalue weighted by molar-refractivity contribution is -0.168. The van der Waals surface area contributed by atoms with Crippen LogP contribution in [0.3, 0.4) is 0 Å². The van der Waals surface area contributed by atoms with Crippen molar-refractivity contribution in [2.24, 2.45) is 0 Å². The van der Waals surface area contributed by atoms with Crippen LogP contribution in [0, 0.1) is 0 Å². The van der Waals surface area contributed by atoms with Crippen LogP contribution in [0.1, 0.15) is 46.2 Å². The molecule has 0 bridgehead atoms. The largest absolute Gasteiger partial charge is 0.497 e. The summed E-state index contributed by atoms with van der Waals surface area (Å²) in [6.07, 6.45) is -1.19. The second-order valence-corrected chi connectivity index (χ2v) is 6.83. The van der Waals surface area contributed by atoms with Crippen LogP contribution in [0.25, 0.3) is 0 Å². The summed E-state index contributed by atoms with van der Waals surface area (Å²) in [5.41, 5.74) is 0.467. The summed E-state index contributed by atoms with van der Waals surface area (Å²) in [5.74, 6) is 0.198. The fraction of sp³-hybridized carbons (Fsp3) is 0.611. The minimum Gasteiger partial charge on any atom is -0.497 e. The second-order valence-electron chi connectivity index (χ2n) is 6.83. The number of carbonyl (C=O) groups excluding carboxylic acids is 1. The van der Waals surface area contributed by atoms with E-state index in [-0.39, 0.29) is 12.1 Å². The number of esters is 1. The molecule has 0 heterocycles. The highest BCUT2D eigenvalue weighted by Gasteiger charge is 2.31. The smallest absolute Gasteiger partial charge is 0.337 e. The van der Waals surface area contributed by atoms with Gasteiger partial charge in [0.15, 0.2) is 6.10 Å². The van der Waals surface area contributed by atoms with Crippen molar-refractivity contribution in [3.63, 3.8) is 0 Å². The average Bonchev–Trinajstić information content (AvgIpc) is 2.50. The number of hydrogen-bond acceptors (Lipinski definition) is 5. The third kappa shape index (κ3) is 5.52. The topological polar surface area (TPSA) is 59.0 Å². The molecule has 23 heavy (non-hydrogen) atoms. The highest BCUT2D eigenvalue weighted by molar-refractivity contribution is 5.75. The lowest BCUT2D eigenvalue weighted by Gasteiger charge is -2.34. The summed E-state index contributed by atoms with van der Waals surface area (Å²) >= 11 is 0. The van der Waals surface area contributed by atoms with Gasteiger partial charge < -0.3 is 14.6 Å². The van der Waals surface area contributed by atoms with Crippen molar-refractivity contribution in [2.45, 2.75) is 58.4 Å². The quantitative estimate of drug-likeness (QED) is 0.816. The van der Waals surface area contributed by atoms with E-state index >= 15 is 0 Å². The van der Waals surface area contributed by atoms with Crippen LogP contribution >= 0.6 is 0 Å². The number of nitrogens with zero attached hydrogens (tertiary/aromatic N) is 1. The van der Waals surface area contributed by atoms with Crippen LogP contribution in [0.4, 0.5) is 0 Å². The molecule has 0 aliphatic heterocycles. The molecule has 0 amide bonds. The Bertz CT molecular complexity index is 507. The van der Waals surface area contributed by atoms with Gasteiger partial charge in [-0.3, -0.25) is 4.90 Å². The lowest BCUT2D eigenvalue weighted by Crippen LogP contribution is -2.46. The zero-order valence-electron chi connectivity index (χ0n) is 15.2. The van der Waals surface area contributed by atoms with E-state index in [4.69, 9.17) is 9.47 Å². The molecule has 0 saturated heterocycles. The Morgan fingerprint density at radius 1 is 1.17 bits per heavy atom. The molecule has 1 aromatic carbocycles. The molecule has 0 spiro atoms. The van der Waals surface area contributed by atoms with Crippen LogP contribution in [0.5, 0.6) is 5.75 Å². The maximum absolute atomic E-state index is 12.0. The Balaban J connectivity index is 2.77. The van der Waals surface area contributed by atoms with Crippen LogP contribution in [0.15, 0.2) is 24.3 Å². The van der Waals surface area contributed by atoms with E-state index in [1.807, 2.05) is 50.1 Å². The molecule has 3 atom stereocenters. The number of likely N-dealkylation sites (N-methyl/N-ethyl adjacent to an activating group) is 1. The molecule has 0 unspecified atom stereocenters. The predicted octanol–water partition coefficient (Wildman–Crippen LogP) is 2.78. The minimum atomic E-state index is -1.19. The van der Waals surface area contributed by atoms with Gasteiger partial charge in [-0.2, -0.15) is 0 Å². The summed E-state index contributed by atoms with van der Waals surface area (Å²) in [6.45, 7) is 9.19. The molecule has 0 saturated carbocycles. The first kappa shape index (κ1) is 19.5. The zero-order chi connectivity index (χ0) is 17.8. The number of rotatable bonds is 6. The first-order valence-corrected chi connectivity index (χ1v) is 7.83. The maximum Gasteiger partial charge on any atom is 0.337 e. The lowest BCUT2D eigenvalue weighted by atomic mass is 10.0. The Hall–Kier alpha value is -1.59. The summed E-state index contributed by atoms with van der Waals surface area (Å²) in [7, 11) is 3.51.